The number of carbonyl (C=O) groups is 1. The molecule has 2 atom stereocenters. The zero-order valence-corrected chi connectivity index (χ0v) is 10.2. The summed E-state index contributed by atoms with van der Waals surface area (Å²) in [4.78, 5) is 14.2. The van der Waals surface area contributed by atoms with Crippen LogP contribution in [-0.2, 0) is 4.79 Å². The zero-order chi connectivity index (χ0) is 11.4. The lowest BCUT2D eigenvalue weighted by atomic mass is 10.1. The van der Waals surface area contributed by atoms with Crippen molar-refractivity contribution in [1.29, 1.82) is 0 Å². The van der Waals surface area contributed by atoms with E-state index in [0.717, 1.165) is 39.0 Å². The SMILES string of the molecule is CCN1CCC(CNC(=O)[C@@H]2CCCN2)C1. The highest BCUT2D eigenvalue weighted by atomic mass is 16.2. The quantitative estimate of drug-likeness (QED) is 0.718. The molecule has 2 aliphatic heterocycles. The van der Waals surface area contributed by atoms with Gasteiger partial charge in [-0.05, 0) is 44.8 Å². The predicted octanol–water partition coefficient (Wildman–Crippen LogP) is 0.196. The second-order valence-electron chi connectivity index (χ2n) is 4.94. The van der Waals surface area contributed by atoms with Crippen LogP contribution < -0.4 is 10.6 Å². The molecule has 2 saturated heterocycles. The highest BCUT2D eigenvalue weighted by Crippen LogP contribution is 2.14. The Labute approximate surface area is 97.8 Å². The van der Waals surface area contributed by atoms with Crippen LogP contribution in [0.2, 0.25) is 0 Å². The van der Waals surface area contributed by atoms with Gasteiger partial charge in [0.05, 0.1) is 6.04 Å². The maximum Gasteiger partial charge on any atom is 0.237 e. The van der Waals surface area contributed by atoms with Gasteiger partial charge < -0.3 is 15.5 Å². The van der Waals surface area contributed by atoms with Crippen molar-refractivity contribution in [3.05, 3.63) is 0 Å². The molecule has 2 N–H and O–H groups in total. The van der Waals surface area contributed by atoms with Crippen LogP contribution >= 0.6 is 0 Å². The summed E-state index contributed by atoms with van der Waals surface area (Å²) in [6.45, 7) is 7.52. The van der Waals surface area contributed by atoms with Crippen molar-refractivity contribution in [1.82, 2.24) is 15.5 Å². The highest BCUT2D eigenvalue weighted by Gasteiger charge is 2.25. The number of carbonyl (C=O) groups excluding carboxylic acids is 1. The molecule has 0 aromatic rings. The number of likely N-dealkylation sites (tertiary alicyclic amines) is 1. The van der Waals surface area contributed by atoms with E-state index in [2.05, 4.69) is 22.5 Å². The lowest BCUT2D eigenvalue weighted by molar-refractivity contribution is -0.122. The topological polar surface area (TPSA) is 44.4 Å². The van der Waals surface area contributed by atoms with Gasteiger partial charge in [-0.2, -0.15) is 0 Å². The van der Waals surface area contributed by atoms with Gasteiger partial charge in [0.1, 0.15) is 0 Å². The molecule has 0 spiro atoms. The van der Waals surface area contributed by atoms with Gasteiger partial charge in [0.2, 0.25) is 5.91 Å². The molecule has 16 heavy (non-hydrogen) atoms. The maximum atomic E-state index is 11.8. The summed E-state index contributed by atoms with van der Waals surface area (Å²) < 4.78 is 0. The summed E-state index contributed by atoms with van der Waals surface area (Å²) in [6, 6.07) is 0.0729. The number of rotatable bonds is 4. The molecule has 2 fully saturated rings. The third-order valence-electron chi connectivity index (χ3n) is 3.76. The molecule has 4 nitrogen and oxygen atoms in total. The maximum absolute atomic E-state index is 11.8. The van der Waals surface area contributed by atoms with Crippen molar-refractivity contribution in [2.24, 2.45) is 5.92 Å². The van der Waals surface area contributed by atoms with Gasteiger partial charge in [-0.25, -0.2) is 0 Å². The van der Waals surface area contributed by atoms with E-state index in [1.807, 2.05) is 0 Å². The zero-order valence-electron chi connectivity index (χ0n) is 10.2. The van der Waals surface area contributed by atoms with Crippen molar-refractivity contribution in [3.8, 4) is 0 Å². The van der Waals surface area contributed by atoms with E-state index in [0.29, 0.717) is 5.92 Å². The highest BCUT2D eigenvalue weighted by molar-refractivity contribution is 5.81. The minimum absolute atomic E-state index is 0.0729. The van der Waals surface area contributed by atoms with Gasteiger partial charge >= 0.3 is 0 Å². The summed E-state index contributed by atoms with van der Waals surface area (Å²) in [7, 11) is 0. The standard InChI is InChI=1S/C12H23N3O/c1-2-15-7-5-10(9-15)8-14-12(16)11-4-3-6-13-11/h10-11,13H,2-9H2,1H3,(H,14,16)/t10?,11-/m0/s1. The van der Waals surface area contributed by atoms with Crippen LogP contribution in [-0.4, -0.2) is 49.6 Å². The van der Waals surface area contributed by atoms with Crippen molar-refractivity contribution < 1.29 is 4.79 Å². The summed E-state index contributed by atoms with van der Waals surface area (Å²) in [5, 5.41) is 6.31. The number of hydrogen-bond acceptors (Lipinski definition) is 3. The third kappa shape index (κ3) is 2.95. The first-order valence-corrected chi connectivity index (χ1v) is 6.53. The fourth-order valence-corrected chi connectivity index (χ4v) is 2.64. The van der Waals surface area contributed by atoms with Gasteiger partial charge in [0, 0.05) is 13.1 Å². The second kappa shape index (κ2) is 5.64. The molecule has 2 rings (SSSR count). The molecule has 4 heteroatoms. The largest absolute Gasteiger partial charge is 0.354 e. The lowest BCUT2D eigenvalue weighted by Crippen LogP contribution is -2.42. The summed E-state index contributed by atoms with van der Waals surface area (Å²) in [5.41, 5.74) is 0. The first-order chi connectivity index (χ1) is 7.79. The fraction of sp³-hybridized carbons (Fsp3) is 0.917. The Morgan fingerprint density at radius 2 is 2.38 bits per heavy atom. The van der Waals surface area contributed by atoms with Crippen LogP contribution in [0.15, 0.2) is 0 Å². The summed E-state index contributed by atoms with van der Waals surface area (Å²) in [5.74, 6) is 0.859. The molecule has 1 unspecified atom stereocenters. The second-order valence-corrected chi connectivity index (χ2v) is 4.94. The van der Waals surface area contributed by atoms with Gasteiger partial charge in [-0.15, -0.1) is 0 Å². The van der Waals surface area contributed by atoms with E-state index in [1.165, 1.54) is 13.0 Å². The van der Waals surface area contributed by atoms with E-state index in [1.54, 1.807) is 0 Å². The Bertz CT molecular complexity index is 238. The van der Waals surface area contributed by atoms with Gasteiger partial charge in [-0.3, -0.25) is 4.79 Å². The normalized spacial score (nSPS) is 30.8. The number of nitrogens with zero attached hydrogens (tertiary/aromatic N) is 1. The smallest absolute Gasteiger partial charge is 0.237 e. The van der Waals surface area contributed by atoms with E-state index in [-0.39, 0.29) is 11.9 Å². The molecule has 0 aromatic heterocycles. The summed E-state index contributed by atoms with van der Waals surface area (Å²) >= 11 is 0. The Kier molecular flexibility index (Phi) is 4.18. The Balaban J connectivity index is 1.65. The van der Waals surface area contributed by atoms with E-state index < -0.39 is 0 Å². The van der Waals surface area contributed by atoms with Crippen molar-refractivity contribution in [2.45, 2.75) is 32.2 Å². The van der Waals surface area contributed by atoms with Crippen molar-refractivity contribution in [2.75, 3.05) is 32.7 Å². The minimum atomic E-state index is 0.0729. The first kappa shape index (κ1) is 11.9. The number of amides is 1. The number of hydrogen-bond donors (Lipinski definition) is 2. The van der Waals surface area contributed by atoms with Crippen molar-refractivity contribution in [3.63, 3.8) is 0 Å². The Morgan fingerprint density at radius 3 is 3.00 bits per heavy atom. The Hall–Kier alpha value is -0.610. The average molecular weight is 225 g/mol. The average Bonchev–Trinajstić information content (AvgIpc) is 2.96. The molecule has 0 radical (unpaired) electrons. The van der Waals surface area contributed by atoms with Crippen LogP contribution in [0.3, 0.4) is 0 Å². The minimum Gasteiger partial charge on any atom is -0.354 e. The molecule has 92 valence electrons. The van der Waals surface area contributed by atoms with Crippen molar-refractivity contribution >= 4 is 5.91 Å². The van der Waals surface area contributed by atoms with Gasteiger partial charge in [-0.1, -0.05) is 6.92 Å². The molecular formula is C12H23N3O. The molecule has 0 bridgehead atoms. The third-order valence-corrected chi connectivity index (χ3v) is 3.76. The van der Waals surface area contributed by atoms with Crippen LogP contribution in [0.5, 0.6) is 0 Å². The van der Waals surface area contributed by atoms with E-state index >= 15 is 0 Å². The summed E-state index contributed by atoms with van der Waals surface area (Å²) in [6.07, 6.45) is 3.36. The molecule has 0 aliphatic carbocycles. The van der Waals surface area contributed by atoms with E-state index in [9.17, 15) is 4.79 Å². The molecule has 1 amide bonds. The van der Waals surface area contributed by atoms with E-state index in [4.69, 9.17) is 0 Å². The Morgan fingerprint density at radius 1 is 1.50 bits per heavy atom. The lowest BCUT2D eigenvalue weighted by Gasteiger charge is -2.15. The monoisotopic (exact) mass is 225 g/mol. The molecular weight excluding hydrogens is 202 g/mol. The molecule has 2 aliphatic rings. The molecule has 0 aromatic carbocycles. The molecule has 0 saturated carbocycles. The molecule has 2 heterocycles. The van der Waals surface area contributed by atoms with Crippen LogP contribution in [0.4, 0.5) is 0 Å². The predicted molar refractivity (Wildman–Crippen MR) is 64.3 cm³/mol. The van der Waals surface area contributed by atoms with Crippen LogP contribution in [0, 0.1) is 5.92 Å². The first-order valence-electron chi connectivity index (χ1n) is 6.53. The van der Waals surface area contributed by atoms with Crippen LogP contribution in [0.1, 0.15) is 26.2 Å². The number of nitrogens with one attached hydrogen (secondary N) is 2. The van der Waals surface area contributed by atoms with Crippen LogP contribution in [0.25, 0.3) is 0 Å². The van der Waals surface area contributed by atoms with Gasteiger partial charge in [0.25, 0.3) is 0 Å². The fourth-order valence-electron chi connectivity index (χ4n) is 2.64. The van der Waals surface area contributed by atoms with Gasteiger partial charge in [0.15, 0.2) is 0 Å².